The summed E-state index contributed by atoms with van der Waals surface area (Å²) in [6.07, 6.45) is 1.12. The second-order valence-corrected chi connectivity index (χ2v) is 6.78. The van der Waals surface area contributed by atoms with Gasteiger partial charge in [0.2, 0.25) is 0 Å². The number of rotatable bonds is 5. The standard InChI is InChI=1S/C16H23Cl2NO/c1-11(2)9-20-10-13-8-19-6-5-14(13)12-3-4-15(17)16(18)7-12/h3-4,7,11,13-14,19H,5-6,8-10H2,1-2H3/t13-,14-/m0/s1. The van der Waals surface area contributed by atoms with Gasteiger partial charge in [-0.2, -0.15) is 0 Å². The highest BCUT2D eigenvalue weighted by atomic mass is 35.5. The average Bonchev–Trinajstić information content (AvgIpc) is 2.42. The molecule has 1 aliphatic rings. The van der Waals surface area contributed by atoms with Crippen LogP contribution in [0.1, 0.15) is 31.7 Å². The first-order chi connectivity index (χ1) is 9.58. The zero-order valence-corrected chi connectivity index (χ0v) is 13.7. The predicted molar refractivity (Wildman–Crippen MR) is 85.8 cm³/mol. The molecule has 1 fully saturated rings. The first kappa shape index (κ1) is 16.1. The highest BCUT2D eigenvalue weighted by Gasteiger charge is 2.27. The second kappa shape index (κ2) is 7.65. The minimum atomic E-state index is 0.498. The maximum Gasteiger partial charge on any atom is 0.0595 e. The number of nitrogens with one attached hydrogen (secondary N) is 1. The van der Waals surface area contributed by atoms with E-state index in [4.69, 9.17) is 27.9 Å². The van der Waals surface area contributed by atoms with Crippen LogP contribution in [-0.4, -0.2) is 26.3 Å². The fraction of sp³-hybridized carbons (Fsp3) is 0.625. The summed E-state index contributed by atoms with van der Waals surface area (Å²) >= 11 is 12.2. The van der Waals surface area contributed by atoms with Gasteiger partial charge in [0.25, 0.3) is 0 Å². The lowest BCUT2D eigenvalue weighted by Gasteiger charge is -2.32. The van der Waals surface area contributed by atoms with Crippen molar-refractivity contribution in [2.45, 2.75) is 26.2 Å². The van der Waals surface area contributed by atoms with Gasteiger partial charge in [-0.25, -0.2) is 0 Å². The molecule has 2 nitrogen and oxygen atoms in total. The van der Waals surface area contributed by atoms with Crippen LogP contribution in [0.5, 0.6) is 0 Å². The fourth-order valence-corrected chi connectivity index (χ4v) is 3.04. The summed E-state index contributed by atoms with van der Waals surface area (Å²) in [5.41, 5.74) is 1.28. The maximum atomic E-state index is 6.15. The molecule has 0 amide bonds. The van der Waals surface area contributed by atoms with Crippen LogP contribution in [0, 0.1) is 11.8 Å². The van der Waals surface area contributed by atoms with E-state index in [-0.39, 0.29) is 0 Å². The Kier molecular flexibility index (Phi) is 6.16. The van der Waals surface area contributed by atoms with Gasteiger partial charge in [-0.3, -0.25) is 0 Å². The number of ether oxygens (including phenoxy) is 1. The highest BCUT2D eigenvalue weighted by Crippen LogP contribution is 2.34. The highest BCUT2D eigenvalue weighted by molar-refractivity contribution is 6.42. The first-order valence-corrected chi connectivity index (χ1v) is 8.07. The molecule has 1 saturated heterocycles. The van der Waals surface area contributed by atoms with Crippen molar-refractivity contribution in [2.75, 3.05) is 26.3 Å². The van der Waals surface area contributed by atoms with Crippen molar-refractivity contribution < 1.29 is 4.74 Å². The molecule has 2 atom stereocenters. The van der Waals surface area contributed by atoms with Crippen LogP contribution in [0.25, 0.3) is 0 Å². The molecule has 1 aromatic rings. The largest absolute Gasteiger partial charge is 0.381 e. The molecule has 112 valence electrons. The number of piperidine rings is 1. The van der Waals surface area contributed by atoms with E-state index in [1.807, 2.05) is 12.1 Å². The Hall–Kier alpha value is -0.280. The smallest absolute Gasteiger partial charge is 0.0595 e. The first-order valence-electron chi connectivity index (χ1n) is 7.31. The van der Waals surface area contributed by atoms with Crippen molar-refractivity contribution in [3.05, 3.63) is 33.8 Å². The van der Waals surface area contributed by atoms with E-state index in [1.54, 1.807) is 0 Å². The van der Waals surface area contributed by atoms with Crippen molar-refractivity contribution in [1.82, 2.24) is 5.32 Å². The van der Waals surface area contributed by atoms with Crippen LogP contribution in [0.4, 0.5) is 0 Å². The third-order valence-corrected chi connectivity index (χ3v) is 4.50. The van der Waals surface area contributed by atoms with Crippen LogP contribution in [0.2, 0.25) is 10.0 Å². The van der Waals surface area contributed by atoms with E-state index in [9.17, 15) is 0 Å². The number of halogens is 2. The molecule has 0 spiro atoms. The topological polar surface area (TPSA) is 21.3 Å². The van der Waals surface area contributed by atoms with Crippen molar-refractivity contribution in [3.63, 3.8) is 0 Å². The third kappa shape index (κ3) is 4.36. The van der Waals surface area contributed by atoms with Gasteiger partial charge in [-0.05, 0) is 42.5 Å². The molecule has 0 radical (unpaired) electrons. The van der Waals surface area contributed by atoms with Crippen molar-refractivity contribution in [3.8, 4) is 0 Å². The van der Waals surface area contributed by atoms with Gasteiger partial charge < -0.3 is 10.1 Å². The Morgan fingerprint density at radius 3 is 2.80 bits per heavy atom. The van der Waals surface area contributed by atoms with Gasteiger partial charge in [-0.15, -0.1) is 0 Å². The van der Waals surface area contributed by atoms with Crippen molar-refractivity contribution >= 4 is 23.2 Å². The lowest BCUT2D eigenvalue weighted by atomic mass is 9.81. The quantitative estimate of drug-likeness (QED) is 0.871. The van der Waals surface area contributed by atoms with Gasteiger partial charge in [-0.1, -0.05) is 43.1 Å². The molecule has 1 heterocycles. The van der Waals surface area contributed by atoms with Crippen LogP contribution in [0.3, 0.4) is 0 Å². The van der Waals surface area contributed by atoms with E-state index in [2.05, 4.69) is 25.2 Å². The lowest BCUT2D eigenvalue weighted by molar-refractivity contribution is 0.0642. The molecule has 1 N–H and O–H groups in total. The van der Waals surface area contributed by atoms with Crippen LogP contribution in [0.15, 0.2) is 18.2 Å². The predicted octanol–water partition coefficient (Wildman–Crippen LogP) is 4.36. The molecule has 2 rings (SSSR count). The van der Waals surface area contributed by atoms with E-state index >= 15 is 0 Å². The number of hydrogen-bond acceptors (Lipinski definition) is 2. The van der Waals surface area contributed by atoms with Crippen molar-refractivity contribution in [2.24, 2.45) is 11.8 Å². The summed E-state index contributed by atoms with van der Waals surface area (Å²) in [4.78, 5) is 0. The molecule has 0 bridgehead atoms. The molecule has 1 aromatic carbocycles. The summed E-state index contributed by atoms with van der Waals surface area (Å²) in [5, 5.41) is 4.72. The molecule has 1 aliphatic heterocycles. The summed E-state index contributed by atoms with van der Waals surface area (Å²) in [6.45, 7) is 8.03. The third-order valence-electron chi connectivity index (χ3n) is 3.76. The fourth-order valence-electron chi connectivity index (χ4n) is 2.74. The van der Waals surface area contributed by atoms with Crippen LogP contribution >= 0.6 is 23.2 Å². The van der Waals surface area contributed by atoms with Crippen LogP contribution < -0.4 is 5.32 Å². The van der Waals surface area contributed by atoms with Gasteiger partial charge in [0.1, 0.15) is 0 Å². The molecular formula is C16H23Cl2NO. The summed E-state index contributed by atoms with van der Waals surface area (Å²) in [5.74, 6) is 1.58. The molecule has 4 heteroatoms. The SMILES string of the molecule is CC(C)COC[C@@H]1CNCC[C@H]1c1ccc(Cl)c(Cl)c1. The molecule has 0 saturated carbocycles. The Labute approximate surface area is 131 Å². The molecule has 20 heavy (non-hydrogen) atoms. The van der Waals surface area contributed by atoms with E-state index in [1.165, 1.54) is 5.56 Å². The van der Waals surface area contributed by atoms with Gasteiger partial charge >= 0.3 is 0 Å². The maximum absolute atomic E-state index is 6.15. The Morgan fingerprint density at radius 1 is 1.30 bits per heavy atom. The van der Waals surface area contributed by atoms with E-state index < -0.39 is 0 Å². The Morgan fingerprint density at radius 2 is 2.10 bits per heavy atom. The van der Waals surface area contributed by atoms with Crippen LogP contribution in [-0.2, 0) is 4.74 Å². The Bertz CT molecular complexity index is 436. The number of hydrogen-bond donors (Lipinski definition) is 1. The molecule has 0 aliphatic carbocycles. The summed E-state index contributed by atoms with van der Waals surface area (Å²) in [7, 11) is 0. The minimum absolute atomic E-state index is 0.498. The van der Waals surface area contributed by atoms with Gasteiger partial charge in [0.15, 0.2) is 0 Å². The van der Waals surface area contributed by atoms with Gasteiger partial charge in [0.05, 0.1) is 16.7 Å². The van der Waals surface area contributed by atoms with Gasteiger partial charge in [0, 0.05) is 19.1 Å². The normalized spacial score (nSPS) is 23.2. The zero-order valence-electron chi connectivity index (χ0n) is 12.2. The zero-order chi connectivity index (χ0) is 14.5. The monoisotopic (exact) mass is 315 g/mol. The van der Waals surface area contributed by atoms with E-state index in [0.29, 0.717) is 27.8 Å². The second-order valence-electron chi connectivity index (χ2n) is 5.96. The summed E-state index contributed by atoms with van der Waals surface area (Å²) in [6, 6.07) is 6.00. The number of benzene rings is 1. The molecular weight excluding hydrogens is 293 g/mol. The van der Waals surface area contributed by atoms with E-state index in [0.717, 1.165) is 32.7 Å². The molecule has 0 aromatic heterocycles. The van der Waals surface area contributed by atoms with Crippen molar-refractivity contribution in [1.29, 1.82) is 0 Å². The lowest BCUT2D eigenvalue weighted by Crippen LogP contribution is -2.38. The minimum Gasteiger partial charge on any atom is -0.381 e. The molecule has 0 unspecified atom stereocenters. The summed E-state index contributed by atoms with van der Waals surface area (Å²) < 4.78 is 5.84. The average molecular weight is 316 g/mol. The Balaban J connectivity index is 2.03.